The van der Waals surface area contributed by atoms with Crippen LogP contribution in [0.1, 0.15) is 5.56 Å². The van der Waals surface area contributed by atoms with Crippen molar-refractivity contribution in [3.05, 3.63) is 5.56 Å². The van der Waals surface area contributed by atoms with Crippen molar-refractivity contribution >= 4 is 37.6 Å². The topological polar surface area (TPSA) is 23.1 Å². The first-order chi connectivity index (χ1) is 12.0. The zero-order chi connectivity index (χ0) is 19.7. The van der Waals surface area contributed by atoms with Crippen LogP contribution in [-0.4, -0.2) is 10.8 Å². The van der Waals surface area contributed by atoms with Crippen LogP contribution in [0.4, 0.5) is 0 Å². The van der Waals surface area contributed by atoms with Crippen LogP contribution >= 0.6 is 0 Å². The summed E-state index contributed by atoms with van der Waals surface area (Å²) in [5, 5.41) is 6.46. The molecular formula is C16H14ORa8S. The molecule has 26 heavy (non-hydrogen) atoms. The van der Waals surface area contributed by atoms with Gasteiger partial charge < -0.3 is 0 Å². The first-order valence-corrected chi connectivity index (χ1v) is 43.7. The third kappa shape index (κ3) is 6.18. The zero-order valence-electron chi connectivity index (χ0n) is 17.8. The third-order valence-electron chi connectivity index (χ3n) is 6.87. The Morgan fingerprint density at radius 2 is 0.808 bits per heavy atom. The van der Waals surface area contributed by atoms with Gasteiger partial charge in [0.2, 0.25) is 0 Å². The molecule has 0 spiro atoms. The van der Waals surface area contributed by atoms with Gasteiger partial charge in [-0.1, -0.05) is 0 Å². The summed E-state index contributed by atoms with van der Waals surface area (Å²) in [5.41, 5.74) is 1.64. The second-order valence-corrected chi connectivity index (χ2v) is 42.1. The van der Waals surface area contributed by atoms with Gasteiger partial charge in [0.1, 0.15) is 0 Å². The Morgan fingerprint density at radius 1 is 0.538 bits per heavy atom. The fourth-order valence-electron chi connectivity index (χ4n) is 4.67. The van der Waals surface area contributed by atoms with Gasteiger partial charge in [0.15, 0.2) is 0 Å². The van der Waals surface area contributed by atoms with E-state index in [-0.39, 0.29) is 0 Å². The standard InChI is InChI=1S/C16H6OS.8Ra.8H/c1-11-12-7-3-5-9-14(12)16(18(2)17)15-10-6-4-8-13(11)15;;;;;;;;;;;;;;;;/h1-2H3;;;;;;;;;;;;;;;;. The first kappa shape index (κ1) is 30.8. The van der Waals surface area contributed by atoms with Gasteiger partial charge >= 0.3 is 408 Å². The maximum atomic E-state index is 13.2. The molecule has 0 saturated carbocycles. The molecule has 0 N–H and O–H groups in total. The van der Waals surface area contributed by atoms with E-state index in [4.69, 9.17) is 0 Å². The molecule has 3 aromatic carbocycles. The van der Waals surface area contributed by atoms with Crippen molar-refractivity contribution in [2.75, 3.05) is 6.26 Å². The van der Waals surface area contributed by atoms with Crippen molar-refractivity contribution in [2.45, 2.75) is 11.8 Å². The molecular weight excluding hydrogens is 2050 g/mol. The predicted molar refractivity (Wildman–Crippen MR) is 86.8 cm³/mol. The molecule has 0 amide bonds. The van der Waals surface area contributed by atoms with E-state index in [0.717, 1.165) is 0 Å². The molecule has 1 unspecified atom stereocenters. The Labute approximate surface area is 392 Å². The minimum absolute atomic E-state index is 0.339. The van der Waals surface area contributed by atoms with Crippen LogP contribution in [0.15, 0.2) is 4.90 Å². The molecule has 0 heterocycles. The van der Waals surface area contributed by atoms with E-state index < -0.39 is 11.2 Å². The summed E-state index contributed by atoms with van der Waals surface area (Å²) in [5.74, 6) is 0. The molecule has 10 heteroatoms. The number of rotatable bonds is 1. The van der Waals surface area contributed by atoms with Crippen LogP contribution in [0.25, 0.3) is 21.5 Å². The van der Waals surface area contributed by atoms with Gasteiger partial charge in [-0.25, -0.2) is 0 Å². The molecule has 3 aromatic rings. The fourth-order valence-corrected chi connectivity index (χ4v) is 66.7. The van der Waals surface area contributed by atoms with E-state index in [1.807, 2.05) is 9.88 Å². The summed E-state index contributed by atoms with van der Waals surface area (Å²) in [6, 6.07) is 0. The van der Waals surface area contributed by atoms with Crippen molar-refractivity contribution in [1.29, 1.82) is 0 Å². The second kappa shape index (κ2) is 13.5. The summed E-state index contributed by atoms with van der Waals surface area (Å²) in [7, 11) is 0. The van der Waals surface area contributed by atoms with Crippen molar-refractivity contribution in [3.63, 3.8) is 0 Å². The van der Waals surface area contributed by atoms with Crippen LogP contribution in [-0.2, 0) is 11.2 Å². The van der Waals surface area contributed by atoms with Gasteiger partial charge in [-0.05, 0) is 0 Å². The molecule has 106 valence electrons. The summed E-state index contributed by atoms with van der Waals surface area (Å²) in [6.07, 6.45) is 1.99. The normalized spacial score (nSPS) is 12.4. The number of aryl methyl sites for hydroxylation is 1. The van der Waals surface area contributed by atoms with Gasteiger partial charge in [-0.15, -0.1) is 0 Å². The Hall–Kier alpha value is 10.2. The average molecular weight is 2060 g/mol. The quantitative estimate of drug-likeness (QED) is 0.178. The van der Waals surface area contributed by atoms with Crippen LogP contribution < -0.4 is 4.83 Å². The number of fused-ring (bicyclic) bond motifs is 2. The van der Waals surface area contributed by atoms with Crippen LogP contribution in [0.3, 0.4) is 0 Å². The van der Waals surface area contributed by atoms with Crippen LogP contribution in [0.5, 0.6) is 0 Å². The molecule has 0 radical (unpaired) electrons. The van der Waals surface area contributed by atoms with E-state index in [1.54, 1.807) is 28.3 Å². The van der Waals surface area contributed by atoms with E-state index in [0.29, 0.717) is 342 Å². The van der Waals surface area contributed by atoms with Crippen molar-refractivity contribution < 1.29 is 347 Å². The van der Waals surface area contributed by atoms with E-state index in [1.165, 1.54) is 4.90 Å². The molecule has 0 aliphatic carbocycles. The summed E-state index contributed by atoms with van der Waals surface area (Å²) in [6.45, 7) is 2.46. The molecule has 0 aromatic heterocycles. The molecule has 3 rings (SSSR count). The molecule has 1 atom stereocenters. The Bertz CT molecular complexity index is 1030. The Balaban J connectivity index is 2.87. The fraction of sp³-hybridized carbons (Fsp3) is 0.125. The van der Waals surface area contributed by atoms with Crippen LogP contribution in [0, 0.1) is 349 Å². The average Bonchev–Trinajstić information content (AvgIpc) is 2.59. The van der Waals surface area contributed by atoms with Gasteiger partial charge in [0.25, 0.3) is 0 Å². The zero-order valence-corrected chi connectivity index (χ0v) is 84.4. The molecule has 0 aliphatic rings. The van der Waals surface area contributed by atoms with Gasteiger partial charge in [0, 0.05) is 0 Å². The number of hydrogen-bond donors (Lipinski definition) is 0. The number of hydrogen-bond acceptors (Lipinski definition) is 1. The maximum absolute atomic E-state index is 13.2. The molecule has 0 fully saturated rings. The van der Waals surface area contributed by atoms with Crippen molar-refractivity contribution in [3.8, 4) is 0 Å². The second-order valence-electron chi connectivity index (χ2n) is 7.91. The third-order valence-corrected chi connectivity index (χ3v) is 154. The molecule has 1 nitrogen and oxygen atoms in total. The van der Waals surface area contributed by atoms with Gasteiger partial charge in [-0.3, -0.25) is 0 Å². The summed E-state index contributed by atoms with van der Waals surface area (Å²) < 4.78 is 27.9. The Morgan fingerprint density at radius 3 is 1.08 bits per heavy atom. The number of benzene rings is 3. The predicted octanol–water partition coefficient (Wildman–Crippen LogP) is -4.71. The van der Waals surface area contributed by atoms with Crippen molar-refractivity contribution in [1.82, 2.24) is 0 Å². The van der Waals surface area contributed by atoms with Crippen molar-refractivity contribution in [2.24, 2.45) is 0 Å². The monoisotopic (exact) mass is 2060 g/mol. The van der Waals surface area contributed by atoms with Crippen LogP contribution in [0.2, 0.25) is 0 Å². The Kier molecular flexibility index (Phi) is 16.0. The minimum atomic E-state index is -0.840. The van der Waals surface area contributed by atoms with E-state index >= 15 is 0 Å². The SMILES string of the molecule is Cc1c2[c]([RaH])[c]([RaH])[c]([RaH])[c]([RaH])c2c([S+](C)[O-])c2[c]([RaH])[c]([RaH])[c]([RaH])[c]([RaH])c12. The van der Waals surface area contributed by atoms with Gasteiger partial charge in [-0.2, -0.15) is 0 Å². The van der Waals surface area contributed by atoms with E-state index in [2.05, 4.69) is 6.92 Å². The molecule has 0 aliphatic heterocycles. The first-order valence-electron chi connectivity index (χ1n) is 9.28. The van der Waals surface area contributed by atoms with Gasteiger partial charge in [0.05, 0.1) is 0 Å². The summed E-state index contributed by atoms with van der Waals surface area (Å²) in [4.78, 5) is 1.33. The molecule has 0 saturated heterocycles. The molecule has 0 bridgehead atoms. The van der Waals surface area contributed by atoms with E-state index in [9.17, 15) is 4.55 Å². The summed E-state index contributed by atoms with van der Waals surface area (Å²) >= 11 is 2.42.